The number of fused-ring (bicyclic) bond motifs is 1. The molecule has 1 aliphatic rings. The van der Waals surface area contributed by atoms with Crippen molar-refractivity contribution in [2.75, 3.05) is 6.61 Å². The van der Waals surface area contributed by atoms with Crippen molar-refractivity contribution in [2.45, 2.75) is 32.2 Å². The van der Waals surface area contributed by atoms with Crippen LogP contribution in [0.25, 0.3) is 10.9 Å². The molecule has 118 valence electrons. The number of nitrogens with one attached hydrogen (secondary N) is 1. The van der Waals surface area contributed by atoms with Crippen molar-refractivity contribution in [3.63, 3.8) is 0 Å². The fourth-order valence-electron chi connectivity index (χ4n) is 2.82. The van der Waals surface area contributed by atoms with Crippen LogP contribution < -0.4 is 0 Å². The summed E-state index contributed by atoms with van der Waals surface area (Å²) < 4.78 is 6.56. The summed E-state index contributed by atoms with van der Waals surface area (Å²) in [5, 5.41) is 9.06. The molecule has 4 rings (SSSR count). The van der Waals surface area contributed by atoms with Gasteiger partial charge in [-0.3, -0.25) is 0 Å². The molecule has 0 amide bonds. The van der Waals surface area contributed by atoms with Crippen molar-refractivity contribution in [3.8, 4) is 0 Å². The number of ether oxygens (including phenoxy) is 1. The van der Waals surface area contributed by atoms with Crippen molar-refractivity contribution >= 4 is 16.9 Å². The van der Waals surface area contributed by atoms with Crippen LogP contribution in [0.4, 0.5) is 0 Å². The lowest BCUT2D eigenvalue weighted by molar-refractivity contribution is 0.0519. The molecule has 1 fully saturated rings. The minimum atomic E-state index is -0.440. The van der Waals surface area contributed by atoms with Crippen LogP contribution in [0.3, 0.4) is 0 Å². The van der Waals surface area contributed by atoms with E-state index in [4.69, 9.17) is 4.74 Å². The molecule has 0 aliphatic heterocycles. The fourth-order valence-corrected chi connectivity index (χ4v) is 2.82. The first-order valence-electron chi connectivity index (χ1n) is 7.91. The second-order valence-corrected chi connectivity index (χ2v) is 5.94. The topological polar surface area (TPSA) is 72.8 Å². The van der Waals surface area contributed by atoms with E-state index in [0.29, 0.717) is 13.2 Å². The molecule has 0 saturated heterocycles. The summed E-state index contributed by atoms with van der Waals surface area (Å²) in [6.45, 7) is 2.64. The van der Waals surface area contributed by atoms with E-state index in [0.717, 1.165) is 17.1 Å². The van der Waals surface area contributed by atoms with Crippen molar-refractivity contribution in [2.24, 2.45) is 0 Å². The predicted octanol–water partition coefficient (Wildman–Crippen LogP) is 2.86. The van der Waals surface area contributed by atoms with E-state index in [1.165, 1.54) is 23.8 Å². The van der Waals surface area contributed by atoms with E-state index in [1.807, 2.05) is 0 Å². The Morgan fingerprint density at radius 2 is 2.26 bits per heavy atom. The second-order valence-electron chi connectivity index (χ2n) is 5.94. The Balaban J connectivity index is 1.54. The molecule has 2 aromatic heterocycles. The molecule has 0 unspecified atom stereocenters. The fraction of sp³-hybridized carbons (Fsp3) is 0.353. The average molecular weight is 310 g/mol. The second kappa shape index (κ2) is 5.53. The van der Waals surface area contributed by atoms with Gasteiger partial charge in [0.05, 0.1) is 19.3 Å². The number of H-pyrrole nitrogens is 1. The largest absolute Gasteiger partial charge is 0.461 e. The van der Waals surface area contributed by atoms with Gasteiger partial charge in [0.2, 0.25) is 0 Å². The van der Waals surface area contributed by atoms with E-state index >= 15 is 0 Å². The van der Waals surface area contributed by atoms with Gasteiger partial charge < -0.3 is 9.72 Å². The lowest BCUT2D eigenvalue weighted by atomic mass is 10.1. The Morgan fingerprint density at radius 1 is 1.39 bits per heavy atom. The zero-order valence-electron chi connectivity index (χ0n) is 13.0. The summed E-state index contributed by atoms with van der Waals surface area (Å²) in [6, 6.07) is 8.73. The van der Waals surface area contributed by atoms with Crippen LogP contribution in [-0.2, 0) is 11.3 Å². The molecule has 0 spiro atoms. The van der Waals surface area contributed by atoms with Gasteiger partial charge in [-0.15, -0.1) is 5.10 Å². The number of aromatic amines is 1. The third-order valence-corrected chi connectivity index (χ3v) is 4.10. The Morgan fingerprint density at radius 3 is 3.04 bits per heavy atom. The monoisotopic (exact) mass is 310 g/mol. The van der Waals surface area contributed by atoms with Gasteiger partial charge in [0.25, 0.3) is 0 Å². The molecule has 0 atom stereocenters. The van der Waals surface area contributed by atoms with Gasteiger partial charge >= 0.3 is 5.97 Å². The maximum absolute atomic E-state index is 11.6. The van der Waals surface area contributed by atoms with Gasteiger partial charge in [-0.25, -0.2) is 9.48 Å². The summed E-state index contributed by atoms with van der Waals surface area (Å²) in [5.41, 5.74) is 3.82. The van der Waals surface area contributed by atoms with E-state index < -0.39 is 5.97 Å². The zero-order chi connectivity index (χ0) is 15.8. The molecular weight excluding hydrogens is 292 g/mol. The third kappa shape index (κ3) is 2.84. The number of nitrogens with zero attached hydrogens (tertiary/aromatic N) is 3. The number of carbonyl (C=O) groups excluding carboxylic acids is 1. The summed E-state index contributed by atoms with van der Waals surface area (Å²) in [7, 11) is 0. The molecule has 1 aromatic carbocycles. The Bertz CT molecular complexity index is 860. The Kier molecular flexibility index (Phi) is 3.37. The van der Waals surface area contributed by atoms with Crippen LogP contribution in [0, 0.1) is 0 Å². The number of esters is 1. The van der Waals surface area contributed by atoms with Gasteiger partial charge in [-0.05, 0) is 54.8 Å². The van der Waals surface area contributed by atoms with E-state index in [1.54, 1.807) is 17.8 Å². The van der Waals surface area contributed by atoms with Crippen LogP contribution in [0.2, 0.25) is 0 Å². The summed E-state index contributed by atoms with van der Waals surface area (Å²) >= 11 is 0. The molecule has 0 radical (unpaired) electrons. The van der Waals surface area contributed by atoms with Gasteiger partial charge in [-0.2, -0.15) is 0 Å². The predicted molar refractivity (Wildman–Crippen MR) is 85.4 cm³/mol. The SMILES string of the molecule is CCOC(=O)c1cn(Cc2cc3cc(C4CC4)ccc3[nH]2)nn1. The van der Waals surface area contributed by atoms with Gasteiger partial charge in [-0.1, -0.05) is 11.3 Å². The number of aromatic nitrogens is 4. The van der Waals surface area contributed by atoms with Crippen LogP contribution in [0.15, 0.2) is 30.5 Å². The highest BCUT2D eigenvalue weighted by molar-refractivity contribution is 5.86. The highest BCUT2D eigenvalue weighted by Crippen LogP contribution is 2.40. The first-order valence-corrected chi connectivity index (χ1v) is 7.91. The summed E-state index contributed by atoms with van der Waals surface area (Å²) in [5.74, 6) is 0.310. The Hall–Kier alpha value is -2.63. The number of hydrogen-bond acceptors (Lipinski definition) is 4. The van der Waals surface area contributed by atoms with Crippen LogP contribution in [0.5, 0.6) is 0 Å². The average Bonchev–Trinajstić information content (AvgIpc) is 3.15. The lowest BCUT2D eigenvalue weighted by Crippen LogP contribution is -2.05. The van der Waals surface area contributed by atoms with Crippen molar-refractivity contribution in [1.29, 1.82) is 0 Å². The minimum Gasteiger partial charge on any atom is -0.461 e. The highest BCUT2D eigenvalue weighted by atomic mass is 16.5. The normalized spacial score (nSPS) is 14.3. The van der Waals surface area contributed by atoms with Crippen LogP contribution in [-0.4, -0.2) is 32.6 Å². The van der Waals surface area contributed by atoms with Gasteiger partial charge in [0.15, 0.2) is 5.69 Å². The maximum atomic E-state index is 11.6. The summed E-state index contributed by atoms with van der Waals surface area (Å²) in [4.78, 5) is 15.0. The molecule has 6 nitrogen and oxygen atoms in total. The molecule has 1 saturated carbocycles. The molecular formula is C17H18N4O2. The van der Waals surface area contributed by atoms with Crippen molar-refractivity contribution < 1.29 is 9.53 Å². The molecule has 0 bridgehead atoms. The molecule has 2 heterocycles. The molecule has 1 N–H and O–H groups in total. The molecule has 1 aliphatic carbocycles. The quantitative estimate of drug-likeness (QED) is 0.735. The number of rotatable bonds is 5. The highest BCUT2D eigenvalue weighted by Gasteiger charge is 2.23. The third-order valence-electron chi connectivity index (χ3n) is 4.10. The van der Waals surface area contributed by atoms with E-state index in [2.05, 4.69) is 39.6 Å². The number of carbonyl (C=O) groups is 1. The van der Waals surface area contributed by atoms with Crippen LogP contribution >= 0.6 is 0 Å². The van der Waals surface area contributed by atoms with E-state index in [-0.39, 0.29) is 5.69 Å². The molecule has 3 aromatic rings. The minimum absolute atomic E-state index is 0.235. The lowest BCUT2D eigenvalue weighted by Gasteiger charge is -1.97. The number of benzene rings is 1. The zero-order valence-corrected chi connectivity index (χ0v) is 13.0. The van der Waals surface area contributed by atoms with E-state index in [9.17, 15) is 4.79 Å². The standard InChI is InChI=1S/C17H18N4O2/c1-2-23-17(22)16-10-21(20-19-16)9-14-8-13-7-12(11-3-4-11)5-6-15(13)18-14/h5-8,10-11,18H,2-4,9H2,1H3. The Labute approximate surface area is 133 Å². The van der Waals surface area contributed by atoms with Gasteiger partial charge in [0, 0.05) is 11.2 Å². The van der Waals surface area contributed by atoms with Crippen LogP contribution in [0.1, 0.15) is 47.4 Å². The van der Waals surface area contributed by atoms with Crippen molar-refractivity contribution in [3.05, 3.63) is 47.4 Å². The van der Waals surface area contributed by atoms with Crippen molar-refractivity contribution in [1.82, 2.24) is 20.0 Å². The number of hydrogen-bond donors (Lipinski definition) is 1. The summed E-state index contributed by atoms with van der Waals surface area (Å²) in [6.07, 6.45) is 4.22. The smallest absolute Gasteiger partial charge is 0.360 e. The first kappa shape index (κ1) is 14.0. The molecule has 23 heavy (non-hydrogen) atoms. The molecule has 6 heteroatoms. The first-order chi connectivity index (χ1) is 11.2. The van der Waals surface area contributed by atoms with Gasteiger partial charge in [0.1, 0.15) is 0 Å². The maximum Gasteiger partial charge on any atom is 0.360 e.